The Labute approximate surface area is 113 Å². The highest BCUT2D eigenvalue weighted by Gasteiger charge is 2.31. The smallest absolute Gasteiger partial charge is 0.252 e. The van der Waals surface area contributed by atoms with Crippen molar-refractivity contribution in [3.63, 3.8) is 0 Å². The monoisotopic (exact) mass is 262 g/mol. The van der Waals surface area contributed by atoms with Crippen molar-refractivity contribution in [1.29, 1.82) is 0 Å². The summed E-state index contributed by atoms with van der Waals surface area (Å²) in [6.07, 6.45) is 4.43. The fourth-order valence-electron chi connectivity index (χ4n) is 2.66. The van der Waals surface area contributed by atoms with E-state index < -0.39 is 0 Å². The molecule has 0 unspecified atom stereocenters. The summed E-state index contributed by atoms with van der Waals surface area (Å²) in [6.45, 7) is 4.85. The second kappa shape index (κ2) is 4.63. The van der Waals surface area contributed by atoms with Gasteiger partial charge in [-0.15, -0.1) is 0 Å². The molecule has 0 amide bonds. The normalized spacial score (nSPS) is 22.5. The third-order valence-electron chi connectivity index (χ3n) is 4.50. The highest BCUT2D eigenvalue weighted by atomic mass is 16.1. The van der Waals surface area contributed by atoms with Gasteiger partial charge in [-0.05, 0) is 37.6 Å². The molecule has 2 fully saturated rings. The minimum Gasteiger partial charge on any atom is -0.356 e. The molecule has 19 heavy (non-hydrogen) atoms. The summed E-state index contributed by atoms with van der Waals surface area (Å²) in [6, 6.07) is 1.62. The van der Waals surface area contributed by atoms with Gasteiger partial charge in [-0.25, -0.2) is 4.98 Å². The molecule has 2 heterocycles. The molecule has 5 heteroatoms. The molecule has 3 N–H and O–H groups in total. The van der Waals surface area contributed by atoms with Crippen LogP contribution in [-0.4, -0.2) is 29.6 Å². The van der Waals surface area contributed by atoms with E-state index in [2.05, 4.69) is 21.8 Å². The molecular formula is C14H22N4O. The number of hydrogen-bond donors (Lipinski definition) is 2. The molecule has 104 valence electrons. The second-order valence-corrected chi connectivity index (χ2v) is 6.26. The molecule has 0 radical (unpaired) electrons. The van der Waals surface area contributed by atoms with Crippen LogP contribution in [-0.2, 0) is 0 Å². The first-order valence-electron chi connectivity index (χ1n) is 7.16. The molecule has 1 aliphatic heterocycles. The highest BCUT2D eigenvalue weighted by Crippen LogP contribution is 2.38. The van der Waals surface area contributed by atoms with Crippen LogP contribution in [0.3, 0.4) is 0 Å². The zero-order valence-corrected chi connectivity index (χ0v) is 11.5. The Kier molecular flexibility index (Phi) is 3.09. The number of aromatic nitrogens is 2. The third kappa shape index (κ3) is 2.66. The quantitative estimate of drug-likeness (QED) is 0.858. The maximum Gasteiger partial charge on any atom is 0.252 e. The first-order chi connectivity index (χ1) is 9.09. The first kappa shape index (κ1) is 12.7. The van der Waals surface area contributed by atoms with Crippen LogP contribution in [0.25, 0.3) is 0 Å². The van der Waals surface area contributed by atoms with Crippen LogP contribution in [0, 0.1) is 5.41 Å². The van der Waals surface area contributed by atoms with Gasteiger partial charge in [0.1, 0.15) is 11.6 Å². The summed E-state index contributed by atoms with van der Waals surface area (Å²) in [5.41, 5.74) is 6.05. The minimum atomic E-state index is -0.0286. The summed E-state index contributed by atoms with van der Waals surface area (Å²) in [4.78, 5) is 21.4. The predicted octanol–water partition coefficient (Wildman–Crippen LogP) is 1.21. The van der Waals surface area contributed by atoms with Gasteiger partial charge in [0.15, 0.2) is 0 Å². The van der Waals surface area contributed by atoms with Gasteiger partial charge in [-0.2, -0.15) is 0 Å². The number of nitrogens with one attached hydrogen (secondary N) is 1. The molecule has 0 atom stereocenters. The van der Waals surface area contributed by atoms with Gasteiger partial charge in [0.2, 0.25) is 0 Å². The van der Waals surface area contributed by atoms with Crippen LogP contribution in [0.2, 0.25) is 0 Å². The third-order valence-corrected chi connectivity index (χ3v) is 4.50. The van der Waals surface area contributed by atoms with Gasteiger partial charge < -0.3 is 15.6 Å². The topological polar surface area (TPSA) is 75.0 Å². The largest absolute Gasteiger partial charge is 0.356 e. The lowest BCUT2D eigenvalue weighted by molar-refractivity contribution is 0.258. The SMILES string of the molecule is CC1(CN)CCN(c2cc(=O)[nH]c(C3CC3)n2)CC1. The molecule has 3 rings (SSSR count). The van der Waals surface area contributed by atoms with Crippen molar-refractivity contribution in [3.8, 4) is 0 Å². The van der Waals surface area contributed by atoms with Crippen LogP contribution < -0.4 is 16.2 Å². The van der Waals surface area contributed by atoms with Crippen molar-refractivity contribution in [1.82, 2.24) is 9.97 Å². The molecule has 0 bridgehead atoms. The van der Waals surface area contributed by atoms with Crippen molar-refractivity contribution in [2.45, 2.75) is 38.5 Å². The summed E-state index contributed by atoms with van der Waals surface area (Å²) >= 11 is 0. The standard InChI is InChI=1S/C14H22N4O/c1-14(9-15)4-6-18(7-5-14)11-8-12(19)17-13(16-11)10-2-3-10/h8,10H,2-7,9,15H2,1H3,(H,16,17,19). The van der Waals surface area contributed by atoms with Crippen molar-refractivity contribution in [3.05, 3.63) is 22.2 Å². The van der Waals surface area contributed by atoms with E-state index in [1.807, 2.05) is 0 Å². The number of aromatic amines is 1. The molecule has 0 spiro atoms. The minimum absolute atomic E-state index is 0.0286. The first-order valence-corrected chi connectivity index (χ1v) is 7.16. The number of hydrogen-bond acceptors (Lipinski definition) is 4. The Hall–Kier alpha value is -1.36. The zero-order chi connectivity index (χ0) is 13.5. The molecule has 2 aliphatic rings. The number of rotatable bonds is 3. The Morgan fingerprint density at radius 1 is 1.47 bits per heavy atom. The molecule has 1 saturated carbocycles. The van der Waals surface area contributed by atoms with Gasteiger partial charge in [-0.1, -0.05) is 6.92 Å². The van der Waals surface area contributed by atoms with Crippen molar-refractivity contribution in [2.24, 2.45) is 11.1 Å². The predicted molar refractivity (Wildman–Crippen MR) is 75.4 cm³/mol. The van der Waals surface area contributed by atoms with Crippen molar-refractivity contribution >= 4 is 5.82 Å². The van der Waals surface area contributed by atoms with Crippen LogP contribution in [0.5, 0.6) is 0 Å². The summed E-state index contributed by atoms with van der Waals surface area (Å²) in [7, 11) is 0. The van der Waals surface area contributed by atoms with Gasteiger partial charge in [-0.3, -0.25) is 4.79 Å². The van der Waals surface area contributed by atoms with E-state index in [-0.39, 0.29) is 11.0 Å². The second-order valence-electron chi connectivity index (χ2n) is 6.26. The molecule has 0 aromatic carbocycles. The number of anilines is 1. The van der Waals surface area contributed by atoms with Crippen molar-refractivity contribution in [2.75, 3.05) is 24.5 Å². The molecule has 1 aromatic rings. The molecular weight excluding hydrogens is 240 g/mol. The molecule has 1 aromatic heterocycles. The van der Waals surface area contributed by atoms with Crippen LogP contribution in [0.15, 0.2) is 10.9 Å². The Bertz CT molecular complexity index is 512. The average molecular weight is 262 g/mol. The fraction of sp³-hybridized carbons (Fsp3) is 0.714. The van der Waals surface area contributed by atoms with E-state index >= 15 is 0 Å². The van der Waals surface area contributed by atoms with Gasteiger partial charge in [0, 0.05) is 25.1 Å². The highest BCUT2D eigenvalue weighted by molar-refractivity contribution is 5.38. The lowest BCUT2D eigenvalue weighted by Gasteiger charge is -2.39. The fourth-order valence-corrected chi connectivity index (χ4v) is 2.66. The Morgan fingerprint density at radius 2 is 2.16 bits per heavy atom. The lowest BCUT2D eigenvalue weighted by atomic mass is 9.80. The van der Waals surface area contributed by atoms with E-state index in [1.165, 1.54) is 0 Å². The number of nitrogens with zero attached hydrogens (tertiary/aromatic N) is 2. The maximum absolute atomic E-state index is 11.7. The number of piperidine rings is 1. The Morgan fingerprint density at radius 3 is 2.74 bits per heavy atom. The zero-order valence-electron chi connectivity index (χ0n) is 11.5. The maximum atomic E-state index is 11.7. The van der Waals surface area contributed by atoms with E-state index in [0.29, 0.717) is 5.92 Å². The van der Waals surface area contributed by atoms with E-state index in [0.717, 1.165) is 57.0 Å². The van der Waals surface area contributed by atoms with Gasteiger partial charge in [0.05, 0.1) is 0 Å². The van der Waals surface area contributed by atoms with Crippen LogP contribution >= 0.6 is 0 Å². The summed E-state index contributed by atoms with van der Waals surface area (Å²) in [5, 5.41) is 0. The van der Waals surface area contributed by atoms with Crippen molar-refractivity contribution < 1.29 is 0 Å². The molecule has 1 aliphatic carbocycles. The van der Waals surface area contributed by atoms with Crippen LogP contribution in [0.4, 0.5) is 5.82 Å². The summed E-state index contributed by atoms with van der Waals surface area (Å²) in [5.74, 6) is 2.19. The number of H-pyrrole nitrogens is 1. The molecule has 5 nitrogen and oxygen atoms in total. The van der Waals surface area contributed by atoms with Gasteiger partial charge in [0.25, 0.3) is 5.56 Å². The molecule has 1 saturated heterocycles. The van der Waals surface area contributed by atoms with Crippen LogP contribution in [0.1, 0.15) is 44.3 Å². The van der Waals surface area contributed by atoms with E-state index in [1.54, 1.807) is 6.07 Å². The van der Waals surface area contributed by atoms with Gasteiger partial charge >= 0.3 is 0 Å². The average Bonchev–Trinajstić information content (AvgIpc) is 3.23. The van der Waals surface area contributed by atoms with E-state index in [9.17, 15) is 4.79 Å². The van der Waals surface area contributed by atoms with E-state index in [4.69, 9.17) is 5.73 Å². The number of nitrogens with two attached hydrogens (primary N) is 1. The summed E-state index contributed by atoms with van der Waals surface area (Å²) < 4.78 is 0. The lowest BCUT2D eigenvalue weighted by Crippen LogP contribution is -2.43. The Balaban J connectivity index is 1.78.